The number of H-pyrrole nitrogens is 1. The largest absolute Gasteiger partial charge is 0.280 e. The van der Waals surface area contributed by atoms with Gasteiger partial charge in [-0.05, 0) is 25.3 Å². The number of aromatic nitrogens is 3. The molecule has 0 saturated carbocycles. The second-order valence-corrected chi connectivity index (χ2v) is 8.05. The molecular weight excluding hydrogens is 350 g/mol. The van der Waals surface area contributed by atoms with Crippen molar-refractivity contribution >= 4 is 10.2 Å². The minimum Gasteiger partial charge on any atom is -0.263 e. The van der Waals surface area contributed by atoms with Crippen molar-refractivity contribution in [2.24, 2.45) is 0 Å². The Labute approximate surface area is 156 Å². The van der Waals surface area contributed by atoms with Crippen LogP contribution in [0.15, 0.2) is 30.3 Å². The second-order valence-electron chi connectivity index (χ2n) is 6.35. The Bertz CT molecular complexity index is 753. The number of hydrogen-bond acceptors (Lipinski definition) is 4. The molecule has 1 atom stereocenters. The van der Waals surface area contributed by atoms with Gasteiger partial charge in [-0.2, -0.15) is 22.5 Å². The summed E-state index contributed by atoms with van der Waals surface area (Å²) < 4.78 is 30.5. The summed E-state index contributed by atoms with van der Waals surface area (Å²) in [6.07, 6.45) is 3.56. The van der Waals surface area contributed by atoms with Crippen LogP contribution in [0.2, 0.25) is 0 Å². The van der Waals surface area contributed by atoms with Crippen molar-refractivity contribution in [3.05, 3.63) is 47.5 Å². The summed E-state index contributed by atoms with van der Waals surface area (Å²) in [4.78, 5) is 4.34. The minimum absolute atomic E-state index is 0.420. The predicted molar refractivity (Wildman–Crippen MR) is 103 cm³/mol. The van der Waals surface area contributed by atoms with E-state index in [0.29, 0.717) is 24.7 Å². The first-order valence-electron chi connectivity index (χ1n) is 9.19. The second kappa shape index (κ2) is 9.80. The van der Waals surface area contributed by atoms with Crippen molar-refractivity contribution in [1.82, 2.24) is 24.2 Å². The van der Waals surface area contributed by atoms with Crippen molar-refractivity contribution in [3.8, 4) is 0 Å². The molecule has 0 bridgehead atoms. The first-order valence-corrected chi connectivity index (χ1v) is 10.6. The average Bonchev–Trinajstić information content (AvgIpc) is 3.06. The molecule has 0 spiro atoms. The lowest BCUT2D eigenvalue weighted by Crippen LogP contribution is -2.43. The molecule has 0 aliphatic rings. The van der Waals surface area contributed by atoms with Crippen LogP contribution < -0.4 is 4.72 Å². The molecule has 0 amide bonds. The average molecular weight is 380 g/mol. The smallest absolute Gasteiger partial charge is 0.263 e. The minimum atomic E-state index is -3.66. The quantitative estimate of drug-likeness (QED) is 0.628. The molecule has 2 N–H and O–H groups in total. The highest BCUT2D eigenvalue weighted by molar-refractivity contribution is 7.87. The third-order valence-corrected chi connectivity index (χ3v) is 5.71. The van der Waals surface area contributed by atoms with E-state index in [0.717, 1.165) is 31.2 Å². The molecule has 1 unspecified atom stereocenters. The van der Waals surface area contributed by atoms with Crippen LogP contribution in [-0.4, -0.2) is 41.0 Å². The number of aryl methyl sites for hydroxylation is 1. The Morgan fingerprint density at radius 1 is 1.12 bits per heavy atom. The van der Waals surface area contributed by atoms with E-state index >= 15 is 0 Å². The Balaban J connectivity index is 2.29. The van der Waals surface area contributed by atoms with E-state index in [-0.39, 0.29) is 0 Å². The van der Waals surface area contributed by atoms with Crippen molar-refractivity contribution in [1.29, 1.82) is 0 Å². The highest BCUT2D eigenvalue weighted by Gasteiger charge is 2.28. The lowest BCUT2D eigenvalue weighted by molar-refractivity contribution is 0.385. The highest BCUT2D eigenvalue weighted by Crippen LogP contribution is 2.21. The first-order chi connectivity index (χ1) is 12.5. The van der Waals surface area contributed by atoms with Crippen molar-refractivity contribution in [2.75, 3.05) is 13.1 Å². The molecule has 0 aliphatic carbocycles. The maximum absolute atomic E-state index is 13.1. The third-order valence-electron chi connectivity index (χ3n) is 4.13. The molecule has 0 fully saturated rings. The van der Waals surface area contributed by atoms with E-state index in [4.69, 9.17) is 0 Å². The molecule has 2 aromatic rings. The number of benzene rings is 1. The SMILES string of the molecule is CCCCN(CCCC)S(=O)(=O)NC(c1ccccc1)c1n[nH]c(C)n1. The molecule has 144 valence electrons. The number of rotatable bonds is 11. The van der Waals surface area contributed by atoms with Gasteiger partial charge in [-0.15, -0.1) is 0 Å². The standard InChI is InChI=1S/C18H29N5O2S/c1-4-6-13-23(14-7-5-2)26(24,25)22-17(16-11-9-8-10-12-16)18-19-15(3)20-21-18/h8-12,17,22H,4-7,13-14H2,1-3H3,(H,19,20,21). The summed E-state index contributed by atoms with van der Waals surface area (Å²) in [6, 6.07) is 8.77. The number of aromatic amines is 1. The zero-order valence-corrected chi connectivity index (χ0v) is 16.6. The predicted octanol–water partition coefficient (Wildman–Crippen LogP) is 2.94. The summed E-state index contributed by atoms with van der Waals surface area (Å²) in [5.74, 6) is 1.07. The number of nitrogens with one attached hydrogen (secondary N) is 2. The van der Waals surface area contributed by atoms with Crippen LogP contribution in [0.1, 0.15) is 62.8 Å². The Hall–Kier alpha value is -1.77. The molecule has 1 aromatic carbocycles. The Kier molecular flexibility index (Phi) is 7.74. The summed E-state index contributed by atoms with van der Waals surface area (Å²) in [7, 11) is -3.66. The number of hydrogen-bond donors (Lipinski definition) is 2. The van der Waals surface area contributed by atoms with Gasteiger partial charge >= 0.3 is 0 Å². The van der Waals surface area contributed by atoms with Gasteiger partial charge in [-0.3, -0.25) is 5.10 Å². The zero-order chi connectivity index (χ0) is 19.0. The fraction of sp³-hybridized carbons (Fsp3) is 0.556. The van der Waals surface area contributed by atoms with Gasteiger partial charge in [0.1, 0.15) is 11.9 Å². The molecule has 26 heavy (non-hydrogen) atoms. The van der Waals surface area contributed by atoms with Crippen LogP contribution in [0, 0.1) is 6.92 Å². The molecule has 0 aliphatic heterocycles. The summed E-state index contributed by atoms with van der Waals surface area (Å²) in [5, 5.41) is 6.97. The topological polar surface area (TPSA) is 91.0 Å². The van der Waals surface area contributed by atoms with E-state index in [1.807, 2.05) is 30.3 Å². The molecule has 7 nitrogen and oxygen atoms in total. The Morgan fingerprint density at radius 2 is 1.73 bits per heavy atom. The molecular formula is C18H29N5O2S. The van der Waals surface area contributed by atoms with Crippen LogP contribution in [0.4, 0.5) is 0 Å². The van der Waals surface area contributed by atoms with Gasteiger partial charge in [0.15, 0.2) is 5.82 Å². The summed E-state index contributed by atoms with van der Waals surface area (Å²) in [5.41, 5.74) is 0.806. The van der Waals surface area contributed by atoms with Gasteiger partial charge in [-0.25, -0.2) is 4.98 Å². The van der Waals surface area contributed by atoms with E-state index in [1.54, 1.807) is 6.92 Å². The number of unbranched alkanes of at least 4 members (excludes halogenated alkanes) is 2. The molecule has 1 aromatic heterocycles. The van der Waals surface area contributed by atoms with Gasteiger partial charge in [0.05, 0.1) is 0 Å². The highest BCUT2D eigenvalue weighted by atomic mass is 32.2. The van der Waals surface area contributed by atoms with Crippen LogP contribution in [-0.2, 0) is 10.2 Å². The Morgan fingerprint density at radius 3 is 2.23 bits per heavy atom. The van der Waals surface area contributed by atoms with Crippen LogP contribution in [0.3, 0.4) is 0 Å². The van der Waals surface area contributed by atoms with Crippen LogP contribution in [0.25, 0.3) is 0 Å². The first kappa shape index (κ1) is 20.5. The summed E-state index contributed by atoms with van der Waals surface area (Å²) in [6.45, 7) is 6.94. The van der Waals surface area contributed by atoms with Gasteiger partial charge in [0.25, 0.3) is 10.2 Å². The summed E-state index contributed by atoms with van der Waals surface area (Å²) >= 11 is 0. The normalized spacial score (nSPS) is 13.2. The molecule has 0 saturated heterocycles. The van der Waals surface area contributed by atoms with Crippen molar-refractivity contribution in [3.63, 3.8) is 0 Å². The van der Waals surface area contributed by atoms with Crippen LogP contribution in [0.5, 0.6) is 0 Å². The van der Waals surface area contributed by atoms with Gasteiger partial charge < -0.3 is 0 Å². The maximum Gasteiger partial charge on any atom is 0.280 e. The van der Waals surface area contributed by atoms with Gasteiger partial charge in [0.2, 0.25) is 0 Å². The molecule has 8 heteroatoms. The van der Waals surface area contributed by atoms with Crippen LogP contribution >= 0.6 is 0 Å². The molecule has 1 heterocycles. The van der Waals surface area contributed by atoms with E-state index < -0.39 is 16.3 Å². The molecule has 2 rings (SSSR count). The van der Waals surface area contributed by atoms with Gasteiger partial charge in [0, 0.05) is 13.1 Å². The lowest BCUT2D eigenvalue weighted by atomic mass is 10.1. The fourth-order valence-corrected chi connectivity index (χ4v) is 4.08. The van der Waals surface area contributed by atoms with E-state index in [2.05, 4.69) is 33.8 Å². The molecule has 0 radical (unpaired) electrons. The number of nitrogens with zero attached hydrogens (tertiary/aromatic N) is 3. The lowest BCUT2D eigenvalue weighted by Gasteiger charge is -2.25. The van der Waals surface area contributed by atoms with E-state index in [1.165, 1.54) is 4.31 Å². The van der Waals surface area contributed by atoms with E-state index in [9.17, 15) is 8.42 Å². The van der Waals surface area contributed by atoms with Gasteiger partial charge in [-0.1, -0.05) is 57.0 Å². The fourth-order valence-electron chi connectivity index (χ4n) is 2.65. The van der Waals surface area contributed by atoms with Crippen molar-refractivity contribution < 1.29 is 8.42 Å². The van der Waals surface area contributed by atoms with Crippen molar-refractivity contribution in [2.45, 2.75) is 52.5 Å². The monoisotopic (exact) mass is 379 g/mol. The maximum atomic E-state index is 13.1. The zero-order valence-electron chi connectivity index (χ0n) is 15.8. The third kappa shape index (κ3) is 5.62.